The van der Waals surface area contributed by atoms with E-state index in [9.17, 15) is 19.5 Å². The number of likely N-dealkylation sites (tertiary alicyclic amines) is 1. The third-order valence-corrected chi connectivity index (χ3v) is 5.39. The van der Waals surface area contributed by atoms with Gasteiger partial charge in [-0.05, 0) is 49.6 Å². The van der Waals surface area contributed by atoms with Gasteiger partial charge in [0.1, 0.15) is 11.5 Å². The Bertz CT molecular complexity index is 1070. The number of nitrogens with zero attached hydrogens (tertiary/aromatic N) is 1. The number of Topliss-reactive ketones (excluding diaryl/α,β-unsaturated/α-hetero) is 1. The van der Waals surface area contributed by atoms with Gasteiger partial charge in [0.2, 0.25) is 0 Å². The van der Waals surface area contributed by atoms with Gasteiger partial charge in [0.15, 0.2) is 0 Å². The van der Waals surface area contributed by atoms with E-state index in [4.69, 9.17) is 9.47 Å². The number of aryl methyl sites for hydroxylation is 2. The number of benzene rings is 2. The van der Waals surface area contributed by atoms with Crippen LogP contribution in [-0.2, 0) is 19.1 Å². The molecule has 0 saturated carbocycles. The Morgan fingerprint density at radius 1 is 1.09 bits per heavy atom. The summed E-state index contributed by atoms with van der Waals surface area (Å²) in [5, 5.41) is 11.2. The van der Waals surface area contributed by atoms with Crippen molar-refractivity contribution in [3.8, 4) is 5.75 Å². The highest BCUT2D eigenvalue weighted by Gasteiger charge is 2.45. The van der Waals surface area contributed by atoms with Gasteiger partial charge in [0, 0.05) is 32.7 Å². The summed E-state index contributed by atoms with van der Waals surface area (Å²) in [4.78, 5) is 38.6. The van der Waals surface area contributed by atoms with E-state index in [0.29, 0.717) is 36.4 Å². The van der Waals surface area contributed by atoms with Gasteiger partial charge in [0.05, 0.1) is 11.6 Å². The Morgan fingerprint density at radius 2 is 1.78 bits per heavy atom. The Labute approximate surface area is 187 Å². The first-order valence-corrected chi connectivity index (χ1v) is 10.4. The molecule has 1 heterocycles. The summed E-state index contributed by atoms with van der Waals surface area (Å²) in [6, 6.07) is 11.4. The van der Waals surface area contributed by atoms with Crippen molar-refractivity contribution in [3.05, 3.63) is 70.3 Å². The minimum absolute atomic E-state index is 0.0429. The molecule has 1 amide bonds. The van der Waals surface area contributed by atoms with Gasteiger partial charge >= 0.3 is 5.97 Å². The maximum Gasteiger partial charge on any atom is 0.308 e. The summed E-state index contributed by atoms with van der Waals surface area (Å²) in [6.45, 7) is 5.76. The molecule has 0 bridgehead atoms. The lowest BCUT2D eigenvalue weighted by atomic mass is 9.93. The number of ether oxygens (including phenoxy) is 2. The van der Waals surface area contributed by atoms with Crippen LogP contribution in [0.15, 0.2) is 48.0 Å². The molecule has 2 aromatic rings. The smallest absolute Gasteiger partial charge is 0.308 e. The zero-order chi connectivity index (χ0) is 23.4. The number of hydrogen-bond acceptors (Lipinski definition) is 6. The molecule has 3 rings (SSSR count). The first-order chi connectivity index (χ1) is 15.2. The molecule has 1 aliphatic heterocycles. The Balaban J connectivity index is 2.12. The summed E-state index contributed by atoms with van der Waals surface area (Å²) in [5.74, 6) is -1.69. The number of methoxy groups -OCH3 is 1. The molecule has 1 saturated heterocycles. The fourth-order valence-electron chi connectivity index (χ4n) is 3.86. The van der Waals surface area contributed by atoms with Crippen LogP contribution in [0.5, 0.6) is 5.75 Å². The van der Waals surface area contributed by atoms with Crippen LogP contribution in [0, 0.1) is 13.8 Å². The van der Waals surface area contributed by atoms with Crippen LogP contribution in [0.3, 0.4) is 0 Å². The lowest BCUT2D eigenvalue weighted by Crippen LogP contribution is -2.31. The quantitative estimate of drug-likeness (QED) is 0.177. The number of carbonyl (C=O) groups is 3. The van der Waals surface area contributed by atoms with Crippen molar-refractivity contribution < 1.29 is 29.0 Å². The standard InChI is InChI=1S/C25H27NO6/c1-15-6-7-16(2)20(14-15)23(28)21-22(18-8-10-19(11-9-18)32-17(3)27)26(12-5-13-31-4)25(30)24(21)29/h6-11,14,22,28H,5,12-13H2,1-4H3/b23-21+. The van der Waals surface area contributed by atoms with E-state index < -0.39 is 23.7 Å². The number of carbonyl (C=O) groups excluding carboxylic acids is 3. The lowest BCUT2D eigenvalue weighted by Gasteiger charge is -2.25. The van der Waals surface area contributed by atoms with Crippen LogP contribution in [0.1, 0.15) is 41.6 Å². The highest BCUT2D eigenvalue weighted by molar-refractivity contribution is 6.46. The zero-order valence-electron chi connectivity index (χ0n) is 18.7. The summed E-state index contributed by atoms with van der Waals surface area (Å²) in [6.07, 6.45) is 0.537. The van der Waals surface area contributed by atoms with Crippen molar-refractivity contribution in [2.75, 3.05) is 20.3 Å². The van der Waals surface area contributed by atoms with Crippen molar-refractivity contribution in [2.24, 2.45) is 0 Å². The lowest BCUT2D eigenvalue weighted by molar-refractivity contribution is -0.140. The molecule has 1 atom stereocenters. The van der Waals surface area contributed by atoms with Crippen molar-refractivity contribution in [2.45, 2.75) is 33.2 Å². The molecule has 1 unspecified atom stereocenters. The molecule has 1 N–H and O–H groups in total. The highest BCUT2D eigenvalue weighted by atomic mass is 16.5. The second-order valence-corrected chi connectivity index (χ2v) is 7.82. The molecule has 7 nitrogen and oxygen atoms in total. The third-order valence-electron chi connectivity index (χ3n) is 5.39. The number of aliphatic hydroxyl groups is 1. The van der Waals surface area contributed by atoms with E-state index in [-0.39, 0.29) is 11.3 Å². The van der Waals surface area contributed by atoms with Crippen LogP contribution < -0.4 is 4.74 Å². The summed E-state index contributed by atoms with van der Waals surface area (Å²) >= 11 is 0. The van der Waals surface area contributed by atoms with E-state index in [1.807, 2.05) is 26.0 Å². The normalized spacial score (nSPS) is 17.6. The minimum atomic E-state index is -0.766. The van der Waals surface area contributed by atoms with Gasteiger partial charge in [0.25, 0.3) is 11.7 Å². The van der Waals surface area contributed by atoms with Crippen molar-refractivity contribution >= 4 is 23.4 Å². The summed E-state index contributed by atoms with van der Waals surface area (Å²) in [7, 11) is 1.57. The molecular weight excluding hydrogens is 410 g/mol. The molecule has 2 aromatic carbocycles. The van der Waals surface area contributed by atoms with Gasteiger partial charge < -0.3 is 19.5 Å². The number of ketones is 1. The summed E-state index contributed by atoms with van der Waals surface area (Å²) < 4.78 is 10.2. The van der Waals surface area contributed by atoms with Gasteiger partial charge in [-0.1, -0.05) is 29.8 Å². The van der Waals surface area contributed by atoms with Crippen molar-refractivity contribution in [1.29, 1.82) is 0 Å². The largest absolute Gasteiger partial charge is 0.507 e. The van der Waals surface area contributed by atoms with E-state index >= 15 is 0 Å². The number of hydrogen-bond donors (Lipinski definition) is 1. The molecule has 0 spiro atoms. The molecule has 32 heavy (non-hydrogen) atoms. The molecule has 168 valence electrons. The van der Waals surface area contributed by atoms with Crippen LogP contribution in [0.4, 0.5) is 0 Å². The topological polar surface area (TPSA) is 93.1 Å². The van der Waals surface area contributed by atoms with Gasteiger partial charge in [-0.2, -0.15) is 0 Å². The predicted octanol–water partition coefficient (Wildman–Crippen LogP) is 3.69. The minimum Gasteiger partial charge on any atom is -0.507 e. The Hall–Kier alpha value is -3.45. The monoisotopic (exact) mass is 437 g/mol. The number of esters is 1. The van der Waals surface area contributed by atoms with E-state index in [1.54, 1.807) is 37.4 Å². The molecular formula is C25H27NO6. The van der Waals surface area contributed by atoms with Gasteiger partial charge in [-0.25, -0.2) is 0 Å². The maximum atomic E-state index is 13.0. The highest BCUT2D eigenvalue weighted by Crippen LogP contribution is 2.40. The zero-order valence-corrected chi connectivity index (χ0v) is 18.7. The first-order valence-electron chi connectivity index (χ1n) is 10.4. The molecule has 1 aliphatic rings. The van der Waals surface area contributed by atoms with Crippen LogP contribution in [0.25, 0.3) is 5.76 Å². The fraction of sp³-hybridized carbons (Fsp3) is 0.320. The van der Waals surface area contributed by atoms with E-state index in [0.717, 1.165) is 11.1 Å². The van der Waals surface area contributed by atoms with Crippen LogP contribution in [0.2, 0.25) is 0 Å². The number of aliphatic hydroxyl groups excluding tert-OH is 1. The van der Waals surface area contributed by atoms with E-state index in [2.05, 4.69) is 0 Å². The molecule has 0 aliphatic carbocycles. The number of amides is 1. The van der Waals surface area contributed by atoms with Crippen LogP contribution >= 0.6 is 0 Å². The fourth-order valence-corrected chi connectivity index (χ4v) is 3.86. The maximum absolute atomic E-state index is 13.0. The predicted molar refractivity (Wildman–Crippen MR) is 119 cm³/mol. The number of rotatable bonds is 7. The summed E-state index contributed by atoms with van der Waals surface area (Å²) in [5.41, 5.74) is 2.91. The van der Waals surface area contributed by atoms with Gasteiger partial charge in [-0.15, -0.1) is 0 Å². The SMILES string of the molecule is COCCCN1C(=O)C(=O)/C(=C(/O)c2cc(C)ccc2C)C1c1ccc(OC(C)=O)cc1. The Kier molecular flexibility index (Phi) is 7.10. The second kappa shape index (κ2) is 9.78. The second-order valence-electron chi connectivity index (χ2n) is 7.82. The van der Waals surface area contributed by atoms with E-state index in [1.165, 1.54) is 11.8 Å². The molecule has 0 aromatic heterocycles. The first kappa shape index (κ1) is 23.2. The molecule has 0 radical (unpaired) electrons. The average molecular weight is 437 g/mol. The Morgan fingerprint density at radius 3 is 2.41 bits per heavy atom. The average Bonchev–Trinajstić information content (AvgIpc) is 3.00. The van der Waals surface area contributed by atoms with Crippen molar-refractivity contribution in [1.82, 2.24) is 4.90 Å². The molecule has 7 heteroatoms. The third kappa shape index (κ3) is 4.73. The van der Waals surface area contributed by atoms with Gasteiger partial charge in [-0.3, -0.25) is 14.4 Å². The van der Waals surface area contributed by atoms with Crippen LogP contribution in [-0.4, -0.2) is 47.9 Å². The van der Waals surface area contributed by atoms with Crippen molar-refractivity contribution in [3.63, 3.8) is 0 Å². The molecule has 1 fully saturated rings.